The largest absolute Gasteiger partial charge is 0.316 e. The minimum absolute atomic E-state index is 0. The lowest BCUT2D eigenvalue weighted by Gasteiger charge is -2.32. The second-order valence-electron chi connectivity index (χ2n) is 4.90. The Kier molecular flexibility index (Phi) is 6.28. The number of piperidine rings is 1. The first-order valence-corrected chi connectivity index (χ1v) is 8.20. The molecule has 0 aliphatic carbocycles. The van der Waals surface area contributed by atoms with Crippen molar-refractivity contribution < 1.29 is 8.42 Å². The van der Waals surface area contributed by atoms with Gasteiger partial charge < -0.3 is 5.32 Å². The molecule has 0 radical (unpaired) electrons. The van der Waals surface area contributed by atoms with E-state index in [9.17, 15) is 8.42 Å². The van der Waals surface area contributed by atoms with Crippen molar-refractivity contribution in [3.05, 3.63) is 28.8 Å². The minimum atomic E-state index is -3.45. The topological polar surface area (TPSA) is 49.4 Å². The fourth-order valence-electron chi connectivity index (χ4n) is 2.39. The van der Waals surface area contributed by atoms with Crippen LogP contribution >= 0.6 is 24.0 Å². The van der Waals surface area contributed by atoms with Crippen LogP contribution in [0.2, 0.25) is 5.02 Å². The van der Waals surface area contributed by atoms with Crippen molar-refractivity contribution in [3.8, 4) is 0 Å². The average molecular weight is 339 g/mol. The maximum Gasteiger partial charge on any atom is 0.243 e. The molecule has 1 aromatic carbocycles. The Hall–Kier alpha value is -0.330. The molecule has 114 valence electrons. The van der Waals surface area contributed by atoms with Gasteiger partial charge in [0.1, 0.15) is 0 Å². The van der Waals surface area contributed by atoms with Gasteiger partial charge in [-0.2, -0.15) is 4.31 Å². The van der Waals surface area contributed by atoms with Gasteiger partial charge in [-0.15, -0.1) is 12.4 Å². The monoisotopic (exact) mass is 338 g/mol. The van der Waals surface area contributed by atoms with E-state index in [2.05, 4.69) is 5.32 Å². The number of rotatable bonds is 3. The molecule has 4 nitrogen and oxygen atoms in total. The predicted molar refractivity (Wildman–Crippen MR) is 84.3 cm³/mol. The summed E-state index contributed by atoms with van der Waals surface area (Å²) in [4.78, 5) is 0.316. The van der Waals surface area contributed by atoms with Crippen LogP contribution in [0, 0.1) is 6.92 Å². The van der Waals surface area contributed by atoms with Gasteiger partial charge in [0.25, 0.3) is 0 Å². The third-order valence-corrected chi connectivity index (χ3v) is 5.80. The molecule has 1 unspecified atom stereocenters. The molecule has 1 aliphatic rings. The Morgan fingerprint density at radius 2 is 2.10 bits per heavy atom. The van der Waals surface area contributed by atoms with Gasteiger partial charge >= 0.3 is 0 Å². The highest BCUT2D eigenvalue weighted by Gasteiger charge is 2.30. The van der Waals surface area contributed by atoms with Gasteiger partial charge in [0, 0.05) is 24.2 Å². The molecule has 1 aliphatic heterocycles. The smallest absolute Gasteiger partial charge is 0.243 e. The average Bonchev–Trinajstić information content (AvgIpc) is 2.41. The molecular formula is C13H20Cl2N2O2S. The molecule has 1 aromatic rings. The highest BCUT2D eigenvalue weighted by atomic mass is 35.5. The van der Waals surface area contributed by atoms with Gasteiger partial charge in [0.15, 0.2) is 0 Å². The SMILES string of the molecule is CNC1CCCN(S(=O)(=O)c2cc(Cl)ccc2C)C1.Cl. The van der Waals surface area contributed by atoms with Crippen LogP contribution in [-0.4, -0.2) is 38.9 Å². The quantitative estimate of drug-likeness (QED) is 0.920. The molecule has 1 N–H and O–H groups in total. The van der Waals surface area contributed by atoms with Gasteiger partial charge in [-0.1, -0.05) is 17.7 Å². The molecule has 0 aromatic heterocycles. The van der Waals surface area contributed by atoms with Crippen molar-refractivity contribution in [2.45, 2.75) is 30.7 Å². The molecule has 7 heteroatoms. The first-order chi connectivity index (χ1) is 8.95. The zero-order chi connectivity index (χ0) is 14.0. The van der Waals surface area contributed by atoms with E-state index in [1.807, 2.05) is 7.05 Å². The zero-order valence-corrected chi connectivity index (χ0v) is 14.0. The van der Waals surface area contributed by atoms with Crippen molar-refractivity contribution in [1.82, 2.24) is 9.62 Å². The van der Waals surface area contributed by atoms with Crippen LogP contribution in [0.3, 0.4) is 0 Å². The fourth-order valence-corrected chi connectivity index (χ4v) is 4.40. The minimum Gasteiger partial charge on any atom is -0.316 e. The number of aryl methyl sites for hydroxylation is 1. The second kappa shape index (κ2) is 7.09. The van der Waals surface area contributed by atoms with Crippen LogP contribution in [0.1, 0.15) is 18.4 Å². The molecule has 0 saturated carbocycles. The summed E-state index contributed by atoms with van der Waals surface area (Å²) in [6.45, 7) is 2.89. The molecule has 1 fully saturated rings. The van der Waals surface area contributed by atoms with E-state index in [0.717, 1.165) is 18.4 Å². The third kappa shape index (κ3) is 3.65. The van der Waals surface area contributed by atoms with E-state index in [-0.39, 0.29) is 18.4 Å². The number of nitrogens with one attached hydrogen (secondary N) is 1. The van der Waals surface area contributed by atoms with Crippen molar-refractivity contribution in [2.75, 3.05) is 20.1 Å². The zero-order valence-electron chi connectivity index (χ0n) is 11.6. The Morgan fingerprint density at radius 1 is 1.40 bits per heavy atom. The molecule has 20 heavy (non-hydrogen) atoms. The molecule has 1 atom stereocenters. The predicted octanol–water partition coefficient (Wildman–Crippen LogP) is 2.44. The summed E-state index contributed by atoms with van der Waals surface area (Å²) in [6.07, 6.45) is 1.89. The van der Waals surface area contributed by atoms with Crippen LogP contribution in [0.25, 0.3) is 0 Å². The summed E-state index contributed by atoms with van der Waals surface area (Å²) in [7, 11) is -1.58. The van der Waals surface area contributed by atoms with E-state index < -0.39 is 10.0 Å². The van der Waals surface area contributed by atoms with E-state index in [0.29, 0.717) is 23.0 Å². The lowest BCUT2D eigenvalue weighted by Crippen LogP contribution is -2.46. The summed E-state index contributed by atoms with van der Waals surface area (Å²) in [5.41, 5.74) is 0.732. The summed E-state index contributed by atoms with van der Waals surface area (Å²) < 4.78 is 26.9. The van der Waals surface area contributed by atoms with E-state index >= 15 is 0 Å². The van der Waals surface area contributed by atoms with Crippen LogP contribution in [0.4, 0.5) is 0 Å². The van der Waals surface area contributed by atoms with Crippen molar-refractivity contribution >= 4 is 34.0 Å². The standard InChI is InChI=1S/C13H19ClN2O2S.ClH/c1-10-5-6-11(14)8-13(10)19(17,18)16-7-3-4-12(9-16)15-2;/h5-6,8,12,15H,3-4,7,9H2,1-2H3;1H. The number of nitrogens with zero attached hydrogens (tertiary/aromatic N) is 1. The normalized spacial score (nSPS) is 20.4. The number of benzene rings is 1. The first kappa shape index (κ1) is 17.7. The van der Waals surface area contributed by atoms with Crippen LogP contribution in [0.5, 0.6) is 0 Å². The van der Waals surface area contributed by atoms with Crippen molar-refractivity contribution in [3.63, 3.8) is 0 Å². The van der Waals surface area contributed by atoms with Crippen molar-refractivity contribution in [1.29, 1.82) is 0 Å². The molecule has 2 rings (SSSR count). The summed E-state index contributed by atoms with van der Waals surface area (Å²) >= 11 is 5.92. The Bertz CT molecular complexity index is 563. The molecule has 1 saturated heterocycles. The molecular weight excluding hydrogens is 319 g/mol. The Balaban J connectivity index is 0.00000200. The molecule has 0 amide bonds. The van der Waals surface area contributed by atoms with Crippen molar-refractivity contribution in [2.24, 2.45) is 0 Å². The summed E-state index contributed by atoms with van der Waals surface area (Å²) in [5.74, 6) is 0. The van der Waals surface area contributed by atoms with Gasteiger partial charge in [-0.05, 0) is 44.5 Å². The highest BCUT2D eigenvalue weighted by molar-refractivity contribution is 7.89. The molecule has 1 heterocycles. The summed E-state index contributed by atoms with van der Waals surface area (Å²) in [5, 5.41) is 3.60. The molecule has 0 bridgehead atoms. The van der Waals surface area contributed by atoms with Crippen LogP contribution in [-0.2, 0) is 10.0 Å². The van der Waals surface area contributed by atoms with E-state index in [1.54, 1.807) is 23.4 Å². The maximum atomic E-state index is 12.7. The lowest BCUT2D eigenvalue weighted by atomic mass is 10.1. The number of hydrogen-bond acceptors (Lipinski definition) is 3. The van der Waals surface area contributed by atoms with Gasteiger partial charge in [0.2, 0.25) is 10.0 Å². The Labute approximate surface area is 132 Å². The van der Waals surface area contributed by atoms with Crippen LogP contribution < -0.4 is 5.32 Å². The number of halogens is 2. The summed E-state index contributed by atoms with van der Waals surface area (Å²) in [6, 6.07) is 5.22. The van der Waals surface area contributed by atoms with Gasteiger partial charge in [-0.25, -0.2) is 8.42 Å². The fraction of sp³-hybridized carbons (Fsp3) is 0.538. The highest BCUT2D eigenvalue weighted by Crippen LogP contribution is 2.25. The number of hydrogen-bond donors (Lipinski definition) is 1. The maximum absolute atomic E-state index is 12.7. The second-order valence-corrected chi connectivity index (χ2v) is 7.24. The van der Waals surface area contributed by atoms with Gasteiger partial charge in [-0.3, -0.25) is 0 Å². The van der Waals surface area contributed by atoms with E-state index in [4.69, 9.17) is 11.6 Å². The van der Waals surface area contributed by atoms with Crippen LogP contribution in [0.15, 0.2) is 23.1 Å². The number of likely N-dealkylation sites (N-methyl/N-ethyl adjacent to an activating group) is 1. The van der Waals surface area contributed by atoms with E-state index in [1.165, 1.54) is 6.07 Å². The Morgan fingerprint density at radius 3 is 2.75 bits per heavy atom. The molecule has 0 spiro atoms. The number of sulfonamides is 1. The first-order valence-electron chi connectivity index (χ1n) is 6.38. The van der Waals surface area contributed by atoms with Gasteiger partial charge in [0.05, 0.1) is 4.90 Å². The lowest BCUT2D eigenvalue weighted by molar-refractivity contribution is 0.292. The third-order valence-electron chi connectivity index (χ3n) is 3.56.